The summed E-state index contributed by atoms with van der Waals surface area (Å²) in [7, 11) is 1.53. The van der Waals surface area contributed by atoms with Crippen molar-refractivity contribution in [1.82, 2.24) is 4.90 Å². The van der Waals surface area contributed by atoms with Gasteiger partial charge in [-0.05, 0) is 19.8 Å². The molecule has 0 N–H and O–H groups in total. The molecular weight excluding hydrogens is 260 g/mol. The quantitative estimate of drug-likeness (QED) is 0.653. The first kappa shape index (κ1) is 16.4. The van der Waals surface area contributed by atoms with Gasteiger partial charge in [-0.1, -0.05) is 12.8 Å². The molecule has 1 amide bonds. The van der Waals surface area contributed by atoms with Gasteiger partial charge in [0.1, 0.15) is 12.0 Å². The van der Waals surface area contributed by atoms with E-state index in [1.165, 1.54) is 12.0 Å². The molecule has 0 heterocycles. The molecule has 0 saturated heterocycles. The first-order valence-electron chi connectivity index (χ1n) is 6.95. The SMILES string of the molecule is CCOC(=O)CN(CCOC)C(=O)C1(C#N)CCCC1. The highest BCUT2D eigenvalue weighted by Crippen LogP contribution is 2.39. The van der Waals surface area contributed by atoms with E-state index >= 15 is 0 Å². The van der Waals surface area contributed by atoms with E-state index in [0.717, 1.165) is 12.8 Å². The van der Waals surface area contributed by atoms with Gasteiger partial charge in [0.05, 0.1) is 19.3 Å². The van der Waals surface area contributed by atoms with E-state index in [-0.39, 0.29) is 25.6 Å². The number of methoxy groups -OCH3 is 1. The highest BCUT2D eigenvalue weighted by atomic mass is 16.5. The van der Waals surface area contributed by atoms with E-state index in [2.05, 4.69) is 6.07 Å². The summed E-state index contributed by atoms with van der Waals surface area (Å²) >= 11 is 0. The first-order chi connectivity index (χ1) is 9.59. The lowest BCUT2D eigenvalue weighted by molar-refractivity contribution is -0.152. The molecule has 20 heavy (non-hydrogen) atoms. The maximum absolute atomic E-state index is 12.6. The molecule has 0 bridgehead atoms. The Morgan fingerprint density at radius 2 is 2.00 bits per heavy atom. The van der Waals surface area contributed by atoms with Crippen molar-refractivity contribution in [2.45, 2.75) is 32.6 Å². The second kappa shape index (κ2) is 7.85. The van der Waals surface area contributed by atoms with Gasteiger partial charge in [-0.15, -0.1) is 0 Å². The average Bonchev–Trinajstić information content (AvgIpc) is 2.93. The van der Waals surface area contributed by atoms with Gasteiger partial charge in [0, 0.05) is 13.7 Å². The van der Waals surface area contributed by atoms with Crippen LogP contribution in [0.25, 0.3) is 0 Å². The summed E-state index contributed by atoms with van der Waals surface area (Å²) < 4.78 is 9.84. The fraction of sp³-hybridized carbons (Fsp3) is 0.786. The molecule has 0 aliphatic heterocycles. The number of rotatable bonds is 7. The number of hydrogen-bond acceptors (Lipinski definition) is 5. The van der Waals surface area contributed by atoms with Gasteiger partial charge in [-0.3, -0.25) is 9.59 Å². The second-order valence-electron chi connectivity index (χ2n) is 4.93. The summed E-state index contributed by atoms with van der Waals surface area (Å²) in [4.78, 5) is 25.6. The number of nitrogens with zero attached hydrogens (tertiary/aromatic N) is 2. The maximum Gasteiger partial charge on any atom is 0.325 e. The fourth-order valence-electron chi connectivity index (χ4n) is 2.47. The number of carbonyl (C=O) groups excluding carboxylic acids is 2. The number of esters is 1. The van der Waals surface area contributed by atoms with E-state index in [0.29, 0.717) is 19.4 Å². The molecule has 0 spiro atoms. The van der Waals surface area contributed by atoms with E-state index in [1.54, 1.807) is 6.92 Å². The van der Waals surface area contributed by atoms with Crippen LogP contribution in [0.2, 0.25) is 0 Å². The van der Waals surface area contributed by atoms with E-state index < -0.39 is 11.4 Å². The van der Waals surface area contributed by atoms with Crippen LogP contribution in [-0.4, -0.2) is 50.2 Å². The van der Waals surface area contributed by atoms with Gasteiger partial charge in [-0.25, -0.2) is 0 Å². The predicted octanol–water partition coefficient (Wildman–Crippen LogP) is 1.11. The zero-order valence-corrected chi connectivity index (χ0v) is 12.2. The van der Waals surface area contributed by atoms with Crippen LogP contribution < -0.4 is 0 Å². The molecule has 1 aliphatic carbocycles. The van der Waals surface area contributed by atoms with Crippen LogP contribution in [0.5, 0.6) is 0 Å². The van der Waals surface area contributed by atoms with Crippen molar-refractivity contribution in [2.24, 2.45) is 5.41 Å². The van der Waals surface area contributed by atoms with Crippen molar-refractivity contribution in [1.29, 1.82) is 5.26 Å². The zero-order chi connectivity index (χ0) is 15.0. The highest BCUT2D eigenvalue weighted by molar-refractivity contribution is 5.88. The predicted molar refractivity (Wildman–Crippen MR) is 71.6 cm³/mol. The third-order valence-corrected chi connectivity index (χ3v) is 3.56. The highest BCUT2D eigenvalue weighted by Gasteiger charge is 2.44. The Morgan fingerprint density at radius 1 is 1.35 bits per heavy atom. The molecule has 6 heteroatoms. The molecule has 0 atom stereocenters. The lowest BCUT2D eigenvalue weighted by Crippen LogP contribution is -2.46. The Kier molecular flexibility index (Phi) is 6.46. The summed E-state index contributed by atoms with van der Waals surface area (Å²) in [6, 6.07) is 2.16. The van der Waals surface area contributed by atoms with Crippen molar-refractivity contribution in [3.05, 3.63) is 0 Å². The maximum atomic E-state index is 12.6. The van der Waals surface area contributed by atoms with Crippen molar-refractivity contribution in [3.63, 3.8) is 0 Å². The van der Waals surface area contributed by atoms with Crippen molar-refractivity contribution < 1.29 is 19.1 Å². The summed E-state index contributed by atoms with van der Waals surface area (Å²) in [5, 5.41) is 9.35. The van der Waals surface area contributed by atoms with Gasteiger partial charge in [0.25, 0.3) is 0 Å². The standard InChI is InChI=1S/C14H22N2O4/c1-3-20-12(17)10-16(8-9-19-2)13(18)14(11-15)6-4-5-7-14/h3-10H2,1-2H3. The minimum absolute atomic E-state index is 0.126. The number of nitriles is 1. The lowest BCUT2D eigenvalue weighted by atomic mass is 9.86. The Balaban J connectivity index is 2.78. The minimum Gasteiger partial charge on any atom is -0.465 e. The molecule has 1 saturated carbocycles. The normalized spacial score (nSPS) is 16.4. The van der Waals surface area contributed by atoms with Crippen LogP contribution in [0, 0.1) is 16.7 Å². The van der Waals surface area contributed by atoms with Crippen LogP contribution in [0.15, 0.2) is 0 Å². The third kappa shape index (κ3) is 3.94. The molecule has 0 aromatic carbocycles. The molecular formula is C14H22N2O4. The Labute approximate surface area is 119 Å². The average molecular weight is 282 g/mol. The summed E-state index contributed by atoms with van der Waals surface area (Å²) in [5.41, 5.74) is -0.972. The molecule has 0 radical (unpaired) electrons. The Bertz CT molecular complexity index is 383. The van der Waals surface area contributed by atoms with Gasteiger partial charge >= 0.3 is 5.97 Å². The first-order valence-corrected chi connectivity index (χ1v) is 6.95. The molecule has 1 aliphatic rings. The van der Waals surface area contributed by atoms with E-state index in [4.69, 9.17) is 9.47 Å². The van der Waals surface area contributed by atoms with Crippen LogP contribution in [-0.2, 0) is 19.1 Å². The van der Waals surface area contributed by atoms with Gasteiger partial charge in [-0.2, -0.15) is 5.26 Å². The zero-order valence-electron chi connectivity index (χ0n) is 12.2. The minimum atomic E-state index is -0.972. The molecule has 0 aromatic rings. The van der Waals surface area contributed by atoms with Crippen LogP contribution in [0.4, 0.5) is 0 Å². The van der Waals surface area contributed by atoms with Crippen molar-refractivity contribution >= 4 is 11.9 Å². The third-order valence-electron chi connectivity index (χ3n) is 3.56. The smallest absolute Gasteiger partial charge is 0.325 e. The molecule has 112 valence electrons. The molecule has 1 rings (SSSR count). The van der Waals surface area contributed by atoms with Gasteiger partial charge < -0.3 is 14.4 Å². The van der Waals surface area contributed by atoms with Gasteiger partial charge in [0.2, 0.25) is 5.91 Å². The summed E-state index contributed by atoms with van der Waals surface area (Å²) in [6.45, 7) is 2.48. The monoisotopic (exact) mass is 282 g/mol. The summed E-state index contributed by atoms with van der Waals surface area (Å²) in [5.74, 6) is -0.731. The molecule has 0 aromatic heterocycles. The van der Waals surface area contributed by atoms with Crippen molar-refractivity contribution in [2.75, 3.05) is 33.4 Å². The topological polar surface area (TPSA) is 79.6 Å². The largest absolute Gasteiger partial charge is 0.465 e. The molecule has 0 unspecified atom stereocenters. The van der Waals surface area contributed by atoms with Gasteiger partial charge in [0.15, 0.2) is 0 Å². The molecule has 1 fully saturated rings. The second-order valence-corrected chi connectivity index (χ2v) is 4.93. The molecule has 6 nitrogen and oxygen atoms in total. The fourth-order valence-corrected chi connectivity index (χ4v) is 2.47. The van der Waals surface area contributed by atoms with Crippen molar-refractivity contribution in [3.8, 4) is 6.07 Å². The van der Waals surface area contributed by atoms with Crippen LogP contribution >= 0.6 is 0 Å². The van der Waals surface area contributed by atoms with E-state index in [1.807, 2.05) is 0 Å². The lowest BCUT2D eigenvalue weighted by Gasteiger charge is -2.28. The Morgan fingerprint density at radius 3 is 2.50 bits per heavy atom. The van der Waals surface area contributed by atoms with Crippen LogP contribution in [0.3, 0.4) is 0 Å². The number of hydrogen-bond donors (Lipinski definition) is 0. The van der Waals surface area contributed by atoms with Crippen LogP contribution in [0.1, 0.15) is 32.6 Å². The number of ether oxygens (including phenoxy) is 2. The Hall–Kier alpha value is -1.61. The number of carbonyl (C=O) groups is 2. The number of amides is 1. The van der Waals surface area contributed by atoms with E-state index in [9.17, 15) is 14.9 Å². The summed E-state index contributed by atoms with van der Waals surface area (Å²) in [6.07, 6.45) is 2.87.